The molecule has 3 aromatic carbocycles. The third-order valence-electron chi connectivity index (χ3n) is 7.18. The third-order valence-corrected chi connectivity index (χ3v) is 7.41. The first-order valence-electron chi connectivity index (χ1n) is 12.2. The molecule has 5 nitrogen and oxygen atoms in total. The maximum atomic E-state index is 14.0. The third kappa shape index (κ3) is 4.65. The zero-order chi connectivity index (χ0) is 24.4. The largest absolute Gasteiger partial charge is 0.497 e. The van der Waals surface area contributed by atoms with Crippen LogP contribution in [0.15, 0.2) is 72.8 Å². The average molecular weight is 489 g/mol. The predicted octanol–water partition coefficient (Wildman–Crippen LogP) is 6.60. The number of halogens is 1. The highest BCUT2D eigenvalue weighted by Crippen LogP contribution is 2.46. The van der Waals surface area contributed by atoms with Gasteiger partial charge in [0.1, 0.15) is 5.75 Å². The van der Waals surface area contributed by atoms with Crippen molar-refractivity contribution >= 4 is 29.1 Å². The first-order chi connectivity index (χ1) is 17.1. The van der Waals surface area contributed by atoms with Crippen LogP contribution in [-0.2, 0) is 4.79 Å². The van der Waals surface area contributed by atoms with Gasteiger partial charge < -0.3 is 15.0 Å². The van der Waals surface area contributed by atoms with E-state index in [9.17, 15) is 9.59 Å². The molecule has 0 radical (unpaired) electrons. The van der Waals surface area contributed by atoms with Crippen LogP contribution in [0.2, 0.25) is 5.02 Å². The summed E-state index contributed by atoms with van der Waals surface area (Å²) in [5, 5.41) is 3.62. The van der Waals surface area contributed by atoms with Gasteiger partial charge in [0.25, 0.3) is 5.91 Å². The van der Waals surface area contributed by atoms with E-state index in [1.165, 1.54) is 6.42 Å². The van der Waals surface area contributed by atoms with Crippen LogP contribution in [0.5, 0.6) is 5.75 Å². The van der Waals surface area contributed by atoms with E-state index in [1.807, 2.05) is 65.6 Å². The Bertz CT molecular complexity index is 1220. The molecule has 0 unspecified atom stereocenters. The Morgan fingerprint density at radius 3 is 2.43 bits per heavy atom. The lowest BCUT2D eigenvalue weighted by Gasteiger charge is -2.46. The lowest BCUT2D eigenvalue weighted by molar-refractivity contribution is -0.119. The smallest absolute Gasteiger partial charge is 0.254 e. The normalized spacial score (nSPS) is 20.3. The number of carbonyl (C=O) groups is 2. The second kappa shape index (κ2) is 10.1. The molecule has 1 heterocycles. The van der Waals surface area contributed by atoms with Crippen LogP contribution in [0, 0.1) is 0 Å². The van der Waals surface area contributed by atoms with E-state index in [1.54, 1.807) is 19.2 Å². The topological polar surface area (TPSA) is 58.6 Å². The molecule has 180 valence electrons. The van der Waals surface area contributed by atoms with Gasteiger partial charge in [-0.25, -0.2) is 0 Å². The molecule has 35 heavy (non-hydrogen) atoms. The summed E-state index contributed by atoms with van der Waals surface area (Å²) in [6.45, 7) is 0. The zero-order valence-corrected chi connectivity index (χ0v) is 20.5. The van der Waals surface area contributed by atoms with Crippen molar-refractivity contribution < 1.29 is 14.3 Å². The van der Waals surface area contributed by atoms with E-state index in [0.29, 0.717) is 16.3 Å². The number of anilines is 1. The molecule has 5 rings (SSSR count). The fraction of sp³-hybridized carbons (Fsp3) is 0.310. The average Bonchev–Trinajstić information content (AvgIpc) is 2.89. The molecule has 2 aliphatic rings. The highest BCUT2D eigenvalue weighted by atomic mass is 35.5. The molecule has 1 saturated carbocycles. The number of hydrogen-bond acceptors (Lipinski definition) is 3. The number of rotatable bonds is 5. The number of hydrogen-bond donors (Lipinski definition) is 1. The van der Waals surface area contributed by atoms with Crippen molar-refractivity contribution in [3.8, 4) is 5.75 Å². The number of benzene rings is 3. The zero-order valence-electron chi connectivity index (χ0n) is 19.7. The van der Waals surface area contributed by atoms with Crippen molar-refractivity contribution in [2.75, 3.05) is 12.4 Å². The van der Waals surface area contributed by atoms with Crippen molar-refractivity contribution in [2.24, 2.45) is 0 Å². The minimum Gasteiger partial charge on any atom is -0.497 e. The minimum absolute atomic E-state index is 0.000114. The van der Waals surface area contributed by atoms with E-state index >= 15 is 0 Å². The molecule has 2 atom stereocenters. The molecule has 0 spiro atoms. The molecule has 1 aliphatic carbocycles. The Morgan fingerprint density at radius 1 is 0.971 bits per heavy atom. The minimum atomic E-state index is -0.571. The van der Waals surface area contributed by atoms with Crippen LogP contribution < -0.4 is 10.1 Å². The summed E-state index contributed by atoms with van der Waals surface area (Å²) < 4.78 is 5.37. The maximum absolute atomic E-state index is 14.0. The van der Waals surface area contributed by atoms with Gasteiger partial charge >= 0.3 is 0 Å². The van der Waals surface area contributed by atoms with Gasteiger partial charge in [-0.1, -0.05) is 67.3 Å². The van der Waals surface area contributed by atoms with Crippen LogP contribution in [0.4, 0.5) is 5.69 Å². The molecule has 3 aromatic rings. The summed E-state index contributed by atoms with van der Waals surface area (Å²) >= 11 is 6.18. The van der Waals surface area contributed by atoms with Crippen molar-refractivity contribution in [1.82, 2.24) is 4.90 Å². The Balaban J connectivity index is 1.63. The van der Waals surface area contributed by atoms with Crippen molar-refractivity contribution in [3.05, 3.63) is 94.5 Å². The summed E-state index contributed by atoms with van der Waals surface area (Å²) in [6.07, 6.45) is 5.25. The van der Waals surface area contributed by atoms with E-state index in [0.717, 1.165) is 42.6 Å². The Hall–Kier alpha value is -3.31. The number of methoxy groups -OCH3 is 1. The highest BCUT2D eigenvalue weighted by Gasteiger charge is 2.46. The van der Waals surface area contributed by atoms with Gasteiger partial charge in [0, 0.05) is 22.3 Å². The fourth-order valence-corrected chi connectivity index (χ4v) is 5.73. The number of nitrogens with one attached hydrogen (secondary N) is 1. The molecule has 6 heteroatoms. The van der Waals surface area contributed by atoms with Gasteiger partial charge in [-0.05, 0) is 60.4 Å². The van der Waals surface area contributed by atoms with Crippen molar-refractivity contribution in [3.63, 3.8) is 0 Å². The fourth-order valence-electron chi connectivity index (χ4n) is 5.54. The van der Waals surface area contributed by atoms with Crippen LogP contribution in [0.1, 0.15) is 65.5 Å². The van der Waals surface area contributed by atoms with Crippen LogP contribution in [0.25, 0.3) is 0 Å². The Kier molecular flexibility index (Phi) is 6.78. The first-order valence-corrected chi connectivity index (χ1v) is 12.6. The highest BCUT2D eigenvalue weighted by molar-refractivity contribution is 6.30. The molecule has 0 saturated heterocycles. The number of fused-ring (bicyclic) bond motifs is 1. The second-order valence-corrected chi connectivity index (χ2v) is 9.72. The molecular formula is C29H29ClN2O3. The van der Waals surface area contributed by atoms with Crippen LogP contribution in [-0.4, -0.2) is 29.9 Å². The van der Waals surface area contributed by atoms with Gasteiger partial charge in [0.05, 0.1) is 19.1 Å². The number of carbonyl (C=O) groups excluding carboxylic acids is 2. The molecule has 0 aromatic heterocycles. The summed E-state index contributed by atoms with van der Waals surface area (Å²) in [5.41, 5.74) is 2.92. The summed E-state index contributed by atoms with van der Waals surface area (Å²) in [6, 6.07) is 22.1. The molecule has 1 aliphatic heterocycles. The van der Waals surface area contributed by atoms with Crippen molar-refractivity contribution in [2.45, 2.75) is 50.1 Å². The van der Waals surface area contributed by atoms with Crippen molar-refractivity contribution in [1.29, 1.82) is 0 Å². The lowest BCUT2D eigenvalue weighted by atomic mass is 9.77. The van der Waals surface area contributed by atoms with Gasteiger partial charge in [0.2, 0.25) is 5.91 Å². The van der Waals surface area contributed by atoms with E-state index in [4.69, 9.17) is 16.3 Å². The number of nitrogens with zero attached hydrogens (tertiary/aromatic N) is 1. The molecule has 1 N–H and O–H groups in total. The van der Waals surface area contributed by atoms with E-state index in [-0.39, 0.29) is 17.9 Å². The van der Waals surface area contributed by atoms with Gasteiger partial charge in [-0.2, -0.15) is 0 Å². The lowest BCUT2D eigenvalue weighted by Crippen LogP contribution is -2.51. The molecular weight excluding hydrogens is 460 g/mol. The molecule has 1 fully saturated rings. The first kappa shape index (κ1) is 23.4. The van der Waals surface area contributed by atoms with Crippen LogP contribution >= 0.6 is 11.6 Å². The SMILES string of the molecule is COc1ccc([C@@H]2[C@H](C(=O)Nc3cccc(Cl)c3)c3ccccc3C(=O)N2C2CCCCC2)cc1. The van der Waals surface area contributed by atoms with E-state index in [2.05, 4.69) is 5.32 Å². The quantitative estimate of drug-likeness (QED) is 0.440. The summed E-state index contributed by atoms with van der Waals surface area (Å²) in [7, 11) is 1.63. The summed E-state index contributed by atoms with van der Waals surface area (Å²) in [4.78, 5) is 29.9. The predicted molar refractivity (Wildman–Crippen MR) is 138 cm³/mol. The van der Waals surface area contributed by atoms with Gasteiger partial charge in [-0.3, -0.25) is 9.59 Å². The van der Waals surface area contributed by atoms with E-state index < -0.39 is 12.0 Å². The van der Waals surface area contributed by atoms with Gasteiger partial charge in [0.15, 0.2) is 0 Å². The Morgan fingerprint density at radius 2 is 1.71 bits per heavy atom. The summed E-state index contributed by atoms with van der Waals surface area (Å²) in [5.74, 6) is 0.00704. The maximum Gasteiger partial charge on any atom is 0.254 e. The van der Waals surface area contributed by atoms with Crippen LogP contribution in [0.3, 0.4) is 0 Å². The number of amides is 2. The standard InChI is InChI=1S/C29H29ClN2O3/c1-35-23-16-14-19(15-17-23)27-26(28(33)31-21-9-7-8-20(30)18-21)24-12-5-6-13-25(24)29(34)32(27)22-10-3-2-4-11-22/h5-9,12-18,22,26-27H,2-4,10-11H2,1H3,(H,31,33)/t26-,27-/m1/s1. The number of ether oxygens (including phenoxy) is 1. The second-order valence-electron chi connectivity index (χ2n) is 9.29. The Labute approximate surface area is 211 Å². The molecule has 0 bridgehead atoms. The monoisotopic (exact) mass is 488 g/mol. The molecule has 2 amide bonds. The van der Waals surface area contributed by atoms with Gasteiger partial charge in [-0.15, -0.1) is 0 Å².